The number of carbonyl (C=O) groups is 1. The van der Waals surface area contributed by atoms with Gasteiger partial charge in [0.15, 0.2) is 0 Å². The van der Waals surface area contributed by atoms with E-state index in [0.717, 1.165) is 34.6 Å². The molecule has 3 aromatic rings. The van der Waals surface area contributed by atoms with E-state index in [1.807, 2.05) is 18.2 Å². The van der Waals surface area contributed by atoms with Gasteiger partial charge in [-0.3, -0.25) is 4.79 Å². The van der Waals surface area contributed by atoms with Gasteiger partial charge in [0.05, 0.1) is 10.5 Å². The Balaban J connectivity index is 2.59. The minimum atomic E-state index is 0.617. The Morgan fingerprint density at radius 2 is 2.00 bits per heavy atom. The number of aldehydes is 1. The van der Waals surface area contributed by atoms with Crippen molar-refractivity contribution in [1.82, 2.24) is 4.57 Å². The van der Waals surface area contributed by atoms with Crippen LogP contribution < -0.4 is 0 Å². The monoisotopic (exact) mass is 257 g/mol. The molecule has 0 unspecified atom stereocenters. The predicted molar refractivity (Wildman–Crippen MR) is 75.5 cm³/mol. The van der Waals surface area contributed by atoms with Crippen LogP contribution in [0.4, 0.5) is 0 Å². The summed E-state index contributed by atoms with van der Waals surface area (Å²) in [6.07, 6.45) is 0.837. The Bertz CT molecular complexity index is 758. The molecule has 0 saturated carbocycles. The predicted octanol–water partition coefficient (Wildman–Crippen LogP) is 4.28. The highest BCUT2D eigenvalue weighted by molar-refractivity contribution is 6.36. The lowest BCUT2D eigenvalue weighted by Gasteiger charge is -2.04. The molecule has 1 aromatic heterocycles. The van der Waals surface area contributed by atoms with E-state index < -0.39 is 0 Å². The van der Waals surface area contributed by atoms with Gasteiger partial charge in [0.2, 0.25) is 0 Å². The molecular weight excluding hydrogens is 246 g/mol. The third-order valence-corrected chi connectivity index (χ3v) is 3.58. The number of fused-ring (bicyclic) bond motifs is 3. The summed E-state index contributed by atoms with van der Waals surface area (Å²) in [7, 11) is 0. The average molecular weight is 258 g/mol. The summed E-state index contributed by atoms with van der Waals surface area (Å²) in [5.74, 6) is 0. The Morgan fingerprint density at radius 3 is 2.72 bits per heavy atom. The molecule has 0 bridgehead atoms. The van der Waals surface area contributed by atoms with Gasteiger partial charge >= 0.3 is 0 Å². The van der Waals surface area contributed by atoms with Crippen LogP contribution in [0, 0.1) is 0 Å². The number of hydrogen-bond acceptors (Lipinski definition) is 1. The lowest BCUT2D eigenvalue weighted by atomic mass is 10.1. The van der Waals surface area contributed by atoms with Gasteiger partial charge in [-0.05, 0) is 25.1 Å². The van der Waals surface area contributed by atoms with Crippen molar-refractivity contribution in [3.8, 4) is 0 Å². The first-order valence-corrected chi connectivity index (χ1v) is 6.29. The third-order valence-electron chi connectivity index (χ3n) is 3.29. The van der Waals surface area contributed by atoms with E-state index in [1.165, 1.54) is 0 Å². The summed E-state index contributed by atoms with van der Waals surface area (Å²) in [4.78, 5) is 10.9. The number of carbonyl (C=O) groups excluding carboxylic acids is 1. The van der Waals surface area contributed by atoms with Crippen LogP contribution in [0.15, 0.2) is 36.4 Å². The van der Waals surface area contributed by atoms with Crippen molar-refractivity contribution in [2.24, 2.45) is 0 Å². The van der Waals surface area contributed by atoms with Gasteiger partial charge in [0, 0.05) is 28.4 Å². The van der Waals surface area contributed by atoms with E-state index in [9.17, 15) is 4.79 Å². The summed E-state index contributed by atoms with van der Waals surface area (Å²) >= 11 is 6.32. The van der Waals surface area contributed by atoms with Crippen LogP contribution in [0.3, 0.4) is 0 Å². The molecule has 2 aromatic carbocycles. The average Bonchev–Trinajstić information content (AvgIpc) is 2.73. The van der Waals surface area contributed by atoms with E-state index >= 15 is 0 Å². The van der Waals surface area contributed by atoms with Crippen molar-refractivity contribution < 1.29 is 4.79 Å². The van der Waals surface area contributed by atoms with Gasteiger partial charge in [0.25, 0.3) is 0 Å². The van der Waals surface area contributed by atoms with Crippen LogP contribution in [0.1, 0.15) is 17.3 Å². The van der Waals surface area contributed by atoms with Crippen molar-refractivity contribution in [2.75, 3.05) is 0 Å². The minimum absolute atomic E-state index is 0.617. The fraction of sp³-hybridized carbons (Fsp3) is 0.133. The maximum Gasteiger partial charge on any atom is 0.150 e. The van der Waals surface area contributed by atoms with Crippen molar-refractivity contribution in [1.29, 1.82) is 0 Å². The SMILES string of the molecule is CCn1c2ccccc2c2cc(C=O)cc(Cl)c21. The topological polar surface area (TPSA) is 22.0 Å². The van der Waals surface area contributed by atoms with Crippen LogP contribution >= 0.6 is 11.6 Å². The largest absolute Gasteiger partial charge is 0.340 e. The second-order valence-corrected chi connectivity index (χ2v) is 4.69. The van der Waals surface area contributed by atoms with Crippen molar-refractivity contribution >= 4 is 39.7 Å². The Hall–Kier alpha value is -1.80. The fourth-order valence-corrected chi connectivity index (χ4v) is 2.88. The summed E-state index contributed by atoms with van der Waals surface area (Å²) in [5, 5.41) is 2.81. The number of aryl methyl sites for hydroxylation is 1. The zero-order chi connectivity index (χ0) is 12.7. The maximum atomic E-state index is 10.9. The smallest absolute Gasteiger partial charge is 0.150 e. The Morgan fingerprint density at radius 1 is 1.22 bits per heavy atom. The van der Waals surface area contributed by atoms with Crippen LogP contribution in [-0.4, -0.2) is 10.9 Å². The van der Waals surface area contributed by atoms with E-state index in [4.69, 9.17) is 11.6 Å². The lowest BCUT2D eigenvalue weighted by Crippen LogP contribution is -1.93. The van der Waals surface area contributed by atoms with Gasteiger partial charge in [0.1, 0.15) is 6.29 Å². The first kappa shape index (κ1) is 11.3. The standard InChI is InChI=1S/C15H12ClNO/c1-2-17-14-6-4-3-5-11(14)12-7-10(9-18)8-13(16)15(12)17/h3-9H,2H2,1H3. The summed E-state index contributed by atoms with van der Waals surface area (Å²) in [6, 6.07) is 11.8. The number of aromatic nitrogens is 1. The van der Waals surface area contributed by atoms with Gasteiger partial charge in [-0.15, -0.1) is 0 Å². The van der Waals surface area contributed by atoms with Crippen LogP contribution in [0.25, 0.3) is 21.8 Å². The molecule has 3 heteroatoms. The number of rotatable bonds is 2. The summed E-state index contributed by atoms with van der Waals surface area (Å²) in [6.45, 7) is 2.94. The quantitative estimate of drug-likeness (QED) is 0.628. The molecule has 0 saturated heterocycles. The zero-order valence-corrected chi connectivity index (χ0v) is 10.7. The molecule has 1 heterocycles. The number of hydrogen-bond donors (Lipinski definition) is 0. The van der Waals surface area contributed by atoms with Crippen molar-refractivity contribution in [3.05, 3.63) is 47.0 Å². The molecule has 0 aliphatic carbocycles. The highest BCUT2D eigenvalue weighted by Crippen LogP contribution is 2.34. The Kier molecular flexibility index (Phi) is 2.60. The second-order valence-electron chi connectivity index (χ2n) is 4.28. The fourth-order valence-electron chi connectivity index (χ4n) is 2.55. The molecule has 90 valence electrons. The second kappa shape index (κ2) is 4.14. The highest BCUT2D eigenvalue weighted by Gasteiger charge is 2.13. The first-order chi connectivity index (χ1) is 8.76. The van der Waals surface area contributed by atoms with E-state index in [1.54, 1.807) is 6.07 Å². The molecule has 0 aliphatic rings. The third kappa shape index (κ3) is 1.46. The van der Waals surface area contributed by atoms with Crippen LogP contribution in [-0.2, 0) is 6.54 Å². The van der Waals surface area contributed by atoms with Crippen molar-refractivity contribution in [3.63, 3.8) is 0 Å². The molecule has 0 atom stereocenters. The summed E-state index contributed by atoms with van der Waals surface area (Å²) < 4.78 is 2.18. The lowest BCUT2D eigenvalue weighted by molar-refractivity contribution is 0.112. The van der Waals surface area contributed by atoms with Crippen molar-refractivity contribution in [2.45, 2.75) is 13.5 Å². The molecular formula is C15H12ClNO. The zero-order valence-electron chi connectivity index (χ0n) is 9.98. The summed E-state index contributed by atoms with van der Waals surface area (Å²) in [5.41, 5.74) is 2.78. The molecule has 0 fully saturated rings. The number of halogens is 1. The number of benzene rings is 2. The number of nitrogens with zero attached hydrogens (tertiary/aromatic N) is 1. The van der Waals surface area contributed by atoms with Gasteiger partial charge in [-0.2, -0.15) is 0 Å². The highest BCUT2D eigenvalue weighted by atomic mass is 35.5. The normalized spacial score (nSPS) is 11.2. The number of para-hydroxylation sites is 1. The van der Waals surface area contributed by atoms with Gasteiger partial charge in [-0.25, -0.2) is 0 Å². The van der Waals surface area contributed by atoms with Gasteiger partial charge in [-0.1, -0.05) is 29.8 Å². The molecule has 2 nitrogen and oxygen atoms in total. The van der Waals surface area contributed by atoms with E-state index in [2.05, 4.69) is 23.6 Å². The molecule has 0 radical (unpaired) electrons. The van der Waals surface area contributed by atoms with Crippen LogP contribution in [0.5, 0.6) is 0 Å². The van der Waals surface area contributed by atoms with E-state index in [0.29, 0.717) is 10.6 Å². The van der Waals surface area contributed by atoms with E-state index in [-0.39, 0.29) is 0 Å². The minimum Gasteiger partial charge on any atom is -0.340 e. The molecule has 18 heavy (non-hydrogen) atoms. The molecule has 0 amide bonds. The molecule has 3 rings (SSSR count). The first-order valence-electron chi connectivity index (χ1n) is 5.92. The molecule has 0 aliphatic heterocycles. The van der Waals surface area contributed by atoms with Crippen LogP contribution in [0.2, 0.25) is 5.02 Å². The maximum absolute atomic E-state index is 10.9. The van der Waals surface area contributed by atoms with Gasteiger partial charge < -0.3 is 4.57 Å². The molecule has 0 spiro atoms. The Labute approximate surface area is 110 Å². The molecule has 0 N–H and O–H groups in total.